The normalized spacial score (nSPS) is 9.78. The van der Waals surface area contributed by atoms with Crippen LogP contribution in [-0.4, -0.2) is 9.25 Å². The van der Waals surface area contributed by atoms with Gasteiger partial charge in [0.2, 0.25) is 5.05 Å². The molecule has 2 rings (SSSR count). The Morgan fingerprint density at radius 3 is 2.00 bits per heavy atom. The van der Waals surface area contributed by atoms with Crippen LogP contribution in [0.15, 0.2) is 65.6 Å². The minimum absolute atomic E-state index is 0.338. The van der Waals surface area contributed by atoms with Gasteiger partial charge in [-0.05, 0) is 36.5 Å². The Morgan fingerprint density at radius 2 is 1.39 bits per heavy atom. The lowest BCUT2D eigenvalue weighted by Gasteiger charge is -2.07. The molecule has 0 saturated carbocycles. The molecule has 0 aliphatic carbocycles. The van der Waals surface area contributed by atoms with Gasteiger partial charge in [-0.1, -0.05) is 60.4 Å². The molecule has 0 amide bonds. The molecular formula is C14H10OS3. The number of hydrogen-bond donors (Lipinski definition) is 0. The summed E-state index contributed by atoms with van der Waals surface area (Å²) < 4.78 is 6.09. The van der Waals surface area contributed by atoms with E-state index in [1.165, 1.54) is 11.8 Å². The molecule has 0 aliphatic heterocycles. The fraction of sp³-hybridized carbons (Fsp3) is 0. The highest BCUT2D eigenvalue weighted by molar-refractivity contribution is 8.26. The van der Waals surface area contributed by atoms with Crippen LogP contribution in [0.5, 0.6) is 5.75 Å². The van der Waals surface area contributed by atoms with E-state index in [9.17, 15) is 0 Å². The summed E-state index contributed by atoms with van der Waals surface area (Å²) in [6.07, 6.45) is 0. The monoisotopic (exact) mass is 290 g/mol. The lowest BCUT2D eigenvalue weighted by atomic mass is 10.3. The predicted octanol–water partition coefficient (Wildman–Crippen LogP) is 4.51. The minimum Gasteiger partial charge on any atom is -0.444 e. The van der Waals surface area contributed by atoms with Crippen molar-refractivity contribution in [2.24, 2.45) is 0 Å². The largest absolute Gasteiger partial charge is 0.444 e. The van der Waals surface area contributed by atoms with E-state index < -0.39 is 0 Å². The van der Waals surface area contributed by atoms with E-state index in [0.29, 0.717) is 15.0 Å². The number of thiocarbonyl (C=S) groups is 2. The van der Waals surface area contributed by atoms with Crippen LogP contribution in [0, 0.1) is 0 Å². The second kappa shape index (κ2) is 6.64. The first-order chi connectivity index (χ1) is 8.75. The highest BCUT2D eigenvalue weighted by Crippen LogP contribution is 2.21. The van der Waals surface area contributed by atoms with E-state index in [1.807, 2.05) is 60.7 Å². The fourth-order valence-corrected chi connectivity index (χ4v) is 2.46. The van der Waals surface area contributed by atoms with Crippen molar-refractivity contribution in [2.75, 3.05) is 0 Å². The third-order valence-electron chi connectivity index (χ3n) is 2.07. The summed E-state index contributed by atoms with van der Waals surface area (Å²) in [7, 11) is 0. The van der Waals surface area contributed by atoms with E-state index in [4.69, 9.17) is 29.2 Å². The molecule has 4 heteroatoms. The van der Waals surface area contributed by atoms with Crippen molar-refractivity contribution >= 4 is 45.4 Å². The number of ether oxygens (including phenoxy) is 1. The fourth-order valence-electron chi connectivity index (χ4n) is 1.27. The van der Waals surface area contributed by atoms with Gasteiger partial charge in [0.25, 0.3) is 0 Å². The number of benzene rings is 2. The number of thioether (sulfide) groups is 1. The van der Waals surface area contributed by atoms with Crippen LogP contribution in [0.1, 0.15) is 0 Å². The first-order valence-electron chi connectivity index (χ1n) is 5.30. The molecule has 2 aromatic rings. The van der Waals surface area contributed by atoms with Gasteiger partial charge in [0, 0.05) is 4.90 Å². The quantitative estimate of drug-likeness (QED) is 0.594. The predicted molar refractivity (Wildman–Crippen MR) is 84.6 cm³/mol. The molecule has 2 aromatic carbocycles. The molecule has 18 heavy (non-hydrogen) atoms. The number of hydrogen-bond acceptors (Lipinski definition) is 4. The topological polar surface area (TPSA) is 9.23 Å². The van der Waals surface area contributed by atoms with E-state index in [-0.39, 0.29) is 0 Å². The molecule has 0 saturated heterocycles. The summed E-state index contributed by atoms with van der Waals surface area (Å²) in [5.74, 6) is 0.707. The van der Waals surface area contributed by atoms with Gasteiger partial charge in [-0.15, -0.1) is 0 Å². The van der Waals surface area contributed by atoms with Gasteiger partial charge in [0.05, 0.1) is 0 Å². The Bertz CT molecular complexity index is 486. The van der Waals surface area contributed by atoms with Crippen LogP contribution < -0.4 is 4.74 Å². The second-order valence-electron chi connectivity index (χ2n) is 3.41. The molecule has 0 spiro atoms. The second-order valence-corrected chi connectivity index (χ2v) is 5.53. The van der Waals surface area contributed by atoms with E-state index >= 15 is 0 Å². The number of para-hydroxylation sites is 1. The molecule has 0 atom stereocenters. The highest BCUT2D eigenvalue weighted by atomic mass is 32.2. The molecule has 0 heterocycles. The lowest BCUT2D eigenvalue weighted by Crippen LogP contribution is -2.12. The summed E-state index contributed by atoms with van der Waals surface area (Å²) >= 11 is 11.9. The highest BCUT2D eigenvalue weighted by Gasteiger charge is 2.09. The maximum atomic E-state index is 5.52. The van der Waals surface area contributed by atoms with Crippen molar-refractivity contribution in [1.82, 2.24) is 0 Å². The molecule has 0 aliphatic rings. The smallest absolute Gasteiger partial charge is 0.215 e. The first kappa shape index (κ1) is 13.2. The van der Waals surface area contributed by atoms with Crippen LogP contribution in [0.2, 0.25) is 0 Å². The Kier molecular flexibility index (Phi) is 4.87. The Hall–Kier alpha value is -1.23. The van der Waals surface area contributed by atoms with Gasteiger partial charge in [-0.25, -0.2) is 0 Å². The molecule has 0 aromatic heterocycles. The summed E-state index contributed by atoms with van der Waals surface area (Å²) in [6.45, 7) is 0. The Balaban J connectivity index is 1.96. The molecular weight excluding hydrogens is 280 g/mol. The summed E-state index contributed by atoms with van der Waals surface area (Å²) in [5, 5.41) is 0.338. The SMILES string of the molecule is S=C(Oc1ccccc1)C(=S)Sc1ccccc1. The van der Waals surface area contributed by atoms with Crippen LogP contribution in [-0.2, 0) is 0 Å². The zero-order valence-electron chi connectivity index (χ0n) is 9.41. The maximum Gasteiger partial charge on any atom is 0.215 e. The average molecular weight is 290 g/mol. The van der Waals surface area contributed by atoms with Crippen molar-refractivity contribution in [3.63, 3.8) is 0 Å². The Labute approximate surface area is 121 Å². The summed E-state index contributed by atoms with van der Waals surface area (Å²) in [6, 6.07) is 19.3. The van der Waals surface area contributed by atoms with Crippen molar-refractivity contribution in [2.45, 2.75) is 4.90 Å². The molecule has 0 fully saturated rings. The maximum absolute atomic E-state index is 5.52. The zero-order valence-corrected chi connectivity index (χ0v) is 11.9. The average Bonchev–Trinajstić information content (AvgIpc) is 2.41. The standard InChI is InChI=1S/C14H10OS3/c16-13(15-11-7-3-1-4-8-11)14(17)18-12-9-5-2-6-10-12/h1-10H. The van der Waals surface area contributed by atoms with Gasteiger partial charge < -0.3 is 4.74 Å². The molecule has 0 radical (unpaired) electrons. The van der Waals surface area contributed by atoms with Gasteiger partial charge in [0.15, 0.2) is 0 Å². The molecule has 90 valence electrons. The third-order valence-corrected chi connectivity index (χ3v) is 3.93. The van der Waals surface area contributed by atoms with Crippen molar-refractivity contribution in [3.8, 4) is 5.75 Å². The van der Waals surface area contributed by atoms with Crippen molar-refractivity contribution < 1.29 is 4.74 Å². The molecule has 0 N–H and O–H groups in total. The van der Waals surface area contributed by atoms with Crippen LogP contribution in [0.3, 0.4) is 0 Å². The molecule has 0 bridgehead atoms. The summed E-state index contributed by atoms with van der Waals surface area (Å²) in [4.78, 5) is 1.06. The molecule has 0 unspecified atom stereocenters. The zero-order chi connectivity index (χ0) is 12.8. The van der Waals surface area contributed by atoms with Gasteiger partial charge in [0.1, 0.15) is 9.95 Å². The van der Waals surface area contributed by atoms with Crippen molar-refractivity contribution in [3.05, 3.63) is 60.7 Å². The minimum atomic E-state index is 0.338. The van der Waals surface area contributed by atoms with E-state index in [2.05, 4.69) is 0 Å². The van der Waals surface area contributed by atoms with E-state index in [0.717, 1.165) is 4.90 Å². The van der Waals surface area contributed by atoms with Gasteiger partial charge in [-0.2, -0.15) is 0 Å². The summed E-state index contributed by atoms with van der Waals surface area (Å²) in [5.41, 5.74) is 0. The Morgan fingerprint density at radius 1 is 0.833 bits per heavy atom. The first-order valence-corrected chi connectivity index (χ1v) is 6.93. The van der Waals surface area contributed by atoms with E-state index in [1.54, 1.807) is 0 Å². The molecule has 1 nitrogen and oxygen atoms in total. The number of rotatable bonds is 2. The van der Waals surface area contributed by atoms with Crippen LogP contribution >= 0.6 is 36.2 Å². The van der Waals surface area contributed by atoms with Crippen LogP contribution in [0.25, 0.3) is 0 Å². The van der Waals surface area contributed by atoms with Crippen molar-refractivity contribution in [1.29, 1.82) is 0 Å². The third kappa shape index (κ3) is 3.91. The lowest BCUT2D eigenvalue weighted by molar-refractivity contribution is 0.575. The van der Waals surface area contributed by atoms with Crippen LogP contribution in [0.4, 0.5) is 0 Å². The van der Waals surface area contributed by atoms with Gasteiger partial charge in [-0.3, -0.25) is 0 Å². The van der Waals surface area contributed by atoms with Gasteiger partial charge >= 0.3 is 0 Å².